The molecule has 1 aromatic carbocycles. The van der Waals surface area contributed by atoms with Crippen LogP contribution in [0, 0.1) is 26.2 Å². The molecule has 0 bridgehead atoms. The number of carbonyl (C=O) groups excluding carboxylic acids is 1. The lowest BCUT2D eigenvalue weighted by atomic mass is 9.80. The molecule has 19 heavy (non-hydrogen) atoms. The van der Waals surface area contributed by atoms with Crippen molar-refractivity contribution in [2.24, 2.45) is 5.41 Å². The predicted molar refractivity (Wildman–Crippen MR) is 72.1 cm³/mol. The van der Waals surface area contributed by atoms with Gasteiger partial charge in [-0.15, -0.1) is 0 Å². The van der Waals surface area contributed by atoms with Crippen molar-refractivity contribution in [2.75, 3.05) is 7.11 Å². The summed E-state index contributed by atoms with van der Waals surface area (Å²) in [5.41, 5.74) is 2.44. The molecule has 4 nitrogen and oxygen atoms in total. The third-order valence-corrected chi connectivity index (χ3v) is 3.48. The lowest BCUT2D eigenvalue weighted by molar-refractivity contribution is -0.165. The topological polar surface area (TPSA) is 63.6 Å². The van der Waals surface area contributed by atoms with E-state index in [0.29, 0.717) is 0 Å². The molecule has 1 aromatic rings. The molecule has 0 aliphatic rings. The van der Waals surface area contributed by atoms with E-state index in [9.17, 15) is 14.7 Å². The fourth-order valence-corrected chi connectivity index (χ4v) is 2.30. The SMILES string of the molecule is COC(=O)C(C)(Cc1c(C)cc(C)cc1C)C(=O)O. The van der Waals surface area contributed by atoms with Crippen LogP contribution >= 0.6 is 0 Å². The molecule has 1 N–H and O–H groups in total. The Bertz CT molecular complexity index is 496. The molecule has 104 valence electrons. The molecule has 0 radical (unpaired) electrons. The Balaban J connectivity index is 3.26. The smallest absolute Gasteiger partial charge is 0.323 e. The molecule has 0 heterocycles. The van der Waals surface area contributed by atoms with Crippen LogP contribution in [0.2, 0.25) is 0 Å². The van der Waals surface area contributed by atoms with E-state index in [4.69, 9.17) is 0 Å². The normalized spacial score (nSPS) is 13.7. The van der Waals surface area contributed by atoms with Gasteiger partial charge in [-0.05, 0) is 50.8 Å². The van der Waals surface area contributed by atoms with Crippen LogP contribution in [0.3, 0.4) is 0 Å². The number of carboxylic acids is 1. The summed E-state index contributed by atoms with van der Waals surface area (Å²) in [6, 6.07) is 3.98. The fraction of sp³-hybridized carbons (Fsp3) is 0.467. The first-order valence-electron chi connectivity index (χ1n) is 6.11. The van der Waals surface area contributed by atoms with Gasteiger partial charge in [-0.1, -0.05) is 17.7 Å². The van der Waals surface area contributed by atoms with E-state index in [1.165, 1.54) is 14.0 Å². The Kier molecular flexibility index (Phi) is 4.35. The fourth-order valence-electron chi connectivity index (χ4n) is 2.30. The largest absolute Gasteiger partial charge is 0.480 e. The molecule has 1 unspecified atom stereocenters. The minimum absolute atomic E-state index is 0.132. The van der Waals surface area contributed by atoms with Crippen molar-refractivity contribution in [2.45, 2.75) is 34.1 Å². The Morgan fingerprint density at radius 1 is 1.21 bits per heavy atom. The van der Waals surface area contributed by atoms with Gasteiger partial charge in [0.2, 0.25) is 0 Å². The van der Waals surface area contributed by atoms with Gasteiger partial charge in [-0.2, -0.15) is 0 Å². The highest BCUT2D eigenvalue weighted by molar-refractivity contribution is 5.99. The van der Waals surface area contributed by atoms with Gasteiger partial charge in [-0.25, -0.2) is 0 Å². The van der Waals surface area contributed by atoms with Crippen LogP contribution in [0.25, 0.3) is 0 Å². The first-order valence-corrected chi connectivity index (χ1v) is 6.11. The van der Waals surface area contributed by atoms with Crippen LogP contribution in [-0.2, 0) is 20.7 Å². The average Bonchev–Trinajstić information content (AvgIpc) is 2.32. The zero-order chi connectivity index (χ0) is 14.8. The minimum atomic E-state index is -1.56. The lowest BCUT2D eigenvalue weighted by Gasteiger charge is -2.24. The quantitative estimate of drug-likeness (QED) is 0.670. The number of benzene rings is 1. The summed E-state index contributed by atoms with van der Waals surface area (Å²) in [6.07, 6.45) is 0.132. The first-order chi connectivity index (χ1) is 8.72. The number of aliphatic carboxylic acids is 1. The Labute approximate surface area is 113 Å². The second-order valence-electron chi connectivity index (χ2n) is 5.18. The summed E-state index contributed by atoms with van der Waals surface area (Å²) in [5, 5.41) is 9.33. The Hall–Kier alpha value is -1.84. The van der Waals surface area contributed by atoms with Crippen molar-refractivity contribution >= 4 is 11.9 Å². The van der Waals surface area contributed by atoms with Crippen molar-refractivity contribution in [1.29, 1.82) is 0 Å². The van der Waals surface area contributed by atoms with E-state index in [1.807, 2.05) is 32.9 Å². The zero-order valence-electron chi connectivity index (χ0n) is 12.0. The number of aryl methyl sites for hydroxylation is 3. The number of rotatable bonds is 4. The predicted octanol–water partition coefficient (Wildman–Crippen LogP) is 2.42. The molecule has 0 saturated heterocycles. The molecular formula is C15H20O4. The summed E-state index contributed by atoms with van der Waals surface area (Å²) >= 11 is 0. The third kappa shape index (κ3) is 2.95. The number of ether oxygens (including phenoxy) is 1. The summed E-state index contributed by atoms with van der Waals surface area (Å²) in [5.74, 6) is -1.89. The first kappa shape index (κ1) is 15.2. The third-order valence-electron chi connectivity index (χ3n) is 3.48. The average molecular weight is 264 g/mol. The number of hydrogen-bond acceptors (Lipinski definition) is 3. The second kappa shape index (κ2) is 5.43. The van der Waals surface area contributed by atoms with Crippen molar-refractivity contribution in [3.05, 3.63) is 34.4 Å². The van der Waals surface area contributed by atoms with E-state index in [2.05, 4.69) is 4.74 Å². The van der Waals surface area contributed by atoms with Crippen LogP contribution < -0.4 is 0 Å². The highest BCUT2D eigenvalue weighted by Crippen LogP contribution is 2.29. The maximum atomic E-state index is 11.8. The Morgan fingerprint density at radius 3 is 2.05 bits per heavy atom. The molecule has 0 aliphatic heterocycles. The van der Waals surface area contributed by atoms with Crippen LogP contribution in [0.15, 0.2) is 12.1 Å². The molecule has 0 fully saturated rings. The maximum Gasteiger partial charge on any atom is 0.323 e. The summed E-state index contributed by atoms with van der Waals surface area (Å²) in [7, 11) is 1.21. The molecule has 0 amide bonds. The van der Waals surface area contributed by atoms with E-state index >= 15 is 0 Å². The monoisotopic (exact) mass is 264 g/mol. The number of carboxylic acid groups (broad SMARTS) is 1. The van der Waals surface area contributed by atoms with Crippen LogP contribution in [0.1, 0.15) is 29.2 Å². The summed E-state index contributed by atoms with van der Waals surface area (Å²) in [4.78, 5) is 23.2. The van der Waals surface area contributed by atoms with Crippen molar-refractivity contribution < 1.29 is 19.4 Å². The van der Waals surface area contributed by atoms with E-state index in [-0.39, 0.29) is 6.42 Å². The molecule has 0 saturated carbocycles. The zero-order valence-corrected chi connectivity index (χ0v) is 12.0. The summed E-state index contributed by atoms with van der Waals surface area (Å²) in [6.45, 7) is 7.24. The highest BCUT2D eigenvalue weighted by atomic mass is 16.5. The molecule has 1 rings (SSSR count). The van der Waals surface area contributed by atoms with E-state index in [0.717, 1.165) is 22.3 Å². The van der Waals surface area contributed by atoms with Crippen molar-refractivity contribution in [3.63, 3.8) is 0 Å². The molecule has 0 aromatic heterocycles. The lowest BCUT2D eigenvalue weighted by Crippen LogP contribution is -2.39. The van der Waals surface area contributed by atoms with Gasteiger partial charge in [0, 0.05) is 0 Å². The molecule has 1 atom stereocenters. The van der Waals surface area contributed by atoms with Gasteiger partial charge in [0.25, 0.3) is 0 Å². The summed E-state index contributed by atoms with van der Waals surface area (Å²) < 4.78 is 4.63. The van der Waals surface area contributed by atoms with Crippen LogP contribution in [0.5, 0.6) is 0 Å². The van der Waals surface area contributed by atoms with Crippen molar-refractivity contribution in [1.82, 2.24) is 0 Å². The van der Waals surface area contributed by atoms with Crippen LogP contribution in [-0.4, -0.2) is 24.2 Å². The van der Waals surface area contributed by atoms with Gasteiger partial charge in [0.05, 0.1) is 7.11 Å². The number of hydrogen-bond donors (Lipinski definition) is 1. The van der Waals surface area contributed by atoms with Gasteiger partial charge in [0.15, 0.2) is 5.41 Å². The standard InChI is InChI=1S/C15H20O4/c1-9-6-10(2)12(11(3)7-9)8-15(4,13(16)17)14(18)19-5/h6-7H,8H2,1-5H3,(H,16,17). The maximum absolute atomic E-state index is 11.8. The number of esters is 1. The van der Waals surface area contributed by atoms with Gasteiger partial charge < -0.3 is 9.84 Å². The highest BCUT2D eigenvalue weighted by Gasteiger charge is 2.43. The number of carbonyl (C=O) groups is 2. The van der Waals surface area contributed by atoms with E-state index in [1.54, 1.807) is 0 Å². The molecule has 0 spiro atoms. The Morgan fingerprint density at radius 2 is 1.68 bits per heavy atom. The number of methoxy groups -OCH3 is 1. The van der Waals surface area contributed by atoms with Crippen LogP contribution in [0.4, 0.5) is 0 Å². The van der Waals surface area contributed by atoms with Gasteiger partial charge in [0.1, 0.15) is 0 Å². The van der Waals surface area contributed by atoms with Gasteiger partial charge in [-0.3, -0.25) is 9.59 Å². The molecular weight excluding hydrogens is 244 g/mol. The van der Waals surface area contributed by atoms with E-state index < -0.39 is 17.4 Å². The van der Waals surface area contributed by atoms with Crippen molar-refractivity contribution in [3.8, 4) is 0 Å². The van der Waals surface area contributed by atoms with Gasteiger partial charge >= 0.3 is 11.9 Å². The molecule has 4 heteroatoms. The molecule has 0 aliphatic carbocycles. The minimum Gasteiger partial charge on any atom is -0.480 e. The second-order valence-corrected chi connectivity index (χ2v) is 5.18.